The van der Waals surface area contributed by atoms with Crippen molar-refractivity contribution in [1.82, 2.24) is 4.98 Å². The first-order valence-electron chi connectivity index (χ1n) is 7.70. The third-order valence-corrected chi connectivity index (χ3v) is 4.86. The molecule has 2 aromatic carbocycles. The number of alkyl halides is 3. The van der Waals surface area contributed by atoms with E-state index in [9.17, 15) is 18.3 Å². The smallest absolute Gasteiger partial charge is 0.416 e. The zero-order valence-electron chi connectivity index (χ0n) is 13.5. The Morgan fingerprint density at radius 1 is 1.00 bits per heavy atom. The summed E-state index contributed by atoms with van der Waals surface area (Å²) in [6.07, 6.45) is -3.56. The summed E-state index contributed by atoms with van der Waals surface area (Å²) in [5.41, 5.74) is 2.05. The molecule has 0 fully saturated rings. The fourth-order valence-electron chi connectivity index (χ4n) is 2.51. The molecule has 25 heavy (non-hydrogen) atoms. The highest BCUT2D eigenvalue weighted by molar-refractivity contribution is 7.11. The van der Waals surface area contributed by atoms with Gasteiger partial charge in [0.1, 0.15) is 5.01 Å². The minimum atomic E-state index is -4.37. The first-order chi connectivity index (χ1) is 11.8. The highest BCUT2D eigenvalue weighted by Gasteiger charge is 2.30. The average molecular weight is 363 g/mol. The van der Waals surface area contributed by atoms with Crippen molar-refractivity contribution >= 4 is 11.3 Å². The lowest BCUT2D eigenvalue weighted by molar-refractivity contribution is -0.137. The fraction of sp³-hybridized carbons (Fsp3) is 0.211. The second kappa shape index (κ2) is 6.88. The Balaban J connectivity index is 1.78. The zero-order valence-corrected chi connectivity index (χ0v) is 14.3. The maximum atomic E-state index is 12.8. The summed E-state index contributed by atoms with van der Waals surface area (Å²) in [6, 6.07) is 13.2. The quantitative estimate of drug-likeness (QED) is 0.677. The minimum absolute atomic E-state index is 0.107. The van der Waals surface area contributed by atoms with Crippen LogP contribution in [0.1, 0.15) is 32.1 Å². The van der Waals surface area contributed by atoms with Crippen molar-refractivity contribution in [2.75, 3.05) is 0 Å². The number of aromatic hydroxyl groups is 1. The average Bonchev–Trinajstić information content (AvgIpc) is 2.88. The number of thiazole rings is 1. The van der Waals surface area contributed by atoms with Crippen LogP contribution < -0.4 is 0 Å². The van der Waals surface area contributed by atoms with E-state index < -0.39 is 11.7 Å². The maximum absolute atomic E-state index is 12.8. The molecule has 0 bridgehead atoms. The summed E-state index contributed by atoms with van der Waals surface area (Å²) < 4.78 is 38.4. The van der Waals surface area contributed by atoms with Gasteiger partial charge in [-0.15, -0.1) is 11.3 Å². The Morgan fingerprint density at radius 3 is 2.40 bits per heavy atom. The number of aromatic nitrogens is 1. The molecule has 3 aromatic rings. The summed E-state index contributed by atoms with van der Waals surface area (Å²) in [4.78, 5) is 4.72. The van der Waals surface area contributed by atoms with Gasteiger partial charge in [0.2, 0.25) is 5.88 Å². The molecule has 0 radical (unpaired) electrons. The summed E-state index contributed by atoms with van der Waals surface area (Å²) >= 11 is 1.32. The van der Waals surface area contributed by atoms with E-state index in [0.717, 1.165) is 28.3 Å². The fourth-order valence-corrected chi connectivity index (χ4v) is 3.54. The van der Waals surface area contributed by atoms with E-state index in [4.69, 9.17) is 0 Å². The Morgan fingerprint density at radius 2 is 1.72 bits per heavy atom. The molecule has 1 heterocycles. The van der Waals surface area contributed by atoms with Crippen molar-refractivity contribution in [2.24, 2.45) is 0 Å². The van der Waals surface area contributed by atoms with Gasteiger partial charge in [0.05, 0.1) is 10.4 Å². The Labute approximate surface area is 147 Å². The minimum Gasteiger partial charge on any atom is -0.492 e. The molecule has 1 N–H and O–H groups in total. The molecule has 3 rings (SSSR count). The van der Waals surface area contributed by atoms with Gasteiger partial charge in [0, 0.05) is 12.8 Å². The molecule has 0 amide bonds. The molecule has 130 valence electrons. The van der Waals surface area contributed by atoms with E-state index >= 15 is 0 Å². The molecule has 0 saturated carbocycles. The van der Waals surface area contributed by atoms with Crippen molar-refractivity contribution in [3.63, 3.8) is 0 Å². The molecular formula is C19H16F3NOS. The first-order valence-corrected chi connectivity index (χ1v) is 8.52. The second-order valence-corrected chi connectivity index (χ2v) is 7.06. The number of hydrogen-bond donors (Lipinski definition) is 1. The summed E-state index contributed by atoms with van der Waals surface area (Å²) in [6.45, 7) is 2.01. The number of rotatable bonds is 4. The van der Waals surface area contributed by atoms with E-state index in [2.05, 4.69) is 4.98 Å². The van der Waals surface area contributed by atoms with Crippen molar-refractivity contribution in [3.05, 3.63) is 80.7 Å². The number of halogens is 3. The Kier molecular flexibility index (Phi) is 4.81. The van der Waals surface area contributed by atoms with Crippen LogP contribution in [0, 0.1) is 6.92 Å². The van der Waals surface area contributed by atoms with Gasteiger partial charge in [0.25, 0.3) is 0 Å². The number of nitrogens with zero attached hydrogens (tertiary/aromatic N) is 1. The van der Waals surface area contributed by atoms with Crippen LogP contribution in [0.3, 0.4) is 0 Å². The highest BCUT2D eigenvalue weighted by Crippen LogP contribution is 2.32. The number of benzene rings is 2. The molecule has 1 aromatic heterocycles. The Hall–Kier alpha value is -2.34. The van der Waals surface area contributed by atoms with Gasteiger partial charge in [-0.25, -0.2) is 4.98 Å². The predicted molar refractivity (Wildman–Crippen MR) is 92.0 cm³/mol. The Bertz CT molecular complexity index is 869. The van der Waals surface area contributed by atoms with Crippen molar-refractivity contribution in [3.8, 4) is 5.88 Å². The monoisotopic (exact) mass is 363 g/mol. The van der Waals surface area contributed by atoms with Gasteiger partial charge in [-0.2, -0.15) is 13.2 Å². The summed E-state index contributed by atoms with van der Waals surface area (Å²) in [7, 11) is 0. The normalized spacial score (nSPS) is 11.7. The van der Waals surface area contributed by atoms with Gasteiger partial charge in [0.15, 0.2) is 0 Å². The molecule has 0 atom stereocenters. The van der Waals surface area contributed by atoms with Crippen LogP contribution in [0.4, 0.5) is 13.2 Å². The van der Waals surface area contributed by atoms with E-state index in [1.165, 1.54) is 17.4 Å². The van der Waals surface area contributed by atoms with E-state index in [1.807, 2.05) is 31.2 Å². The predicted octanol–water partition coefficient (Wildman–Crippen LogP) is 5.36. The van der Waals surface area contributed by atoms with Crippen LogP contribution in [0.25, 0.3) is 0 Å². The van der Waals surface area contributed by atoms with Crippen molar-refractivity contribution < 1.29 is 18.3 Å². The summed E-state index contributed by atoms with van der Waals surface area (Å²) in [5.74, 6) is -0.107. The standard InChI is InChI=1S/C19H16F3NOS/c1-12-5-7-13(8-6-12)11-17-23-18(24)16(25-17)10-14-3-2-4-15(9-14)19(20,21)22/h2-9,24H,10-11H2,1H3. The molecule has 6 heteroatoms. The van der Waals surface area contributed by atoms with Gasteiger partial charge >= 0.3 is 6.18 Å². The first kappa shape index (κ1) is 17.5. The second-order valence-electron chi connectivity index (χ2n) is 5.89. The molecule has 2 nitrogen and oxygen atoms in total. The van der Waals surface area contributed by atoms with E-state index in [1.54, 1.807) is 6.07 Å². The topological polar surface area (TPSA) is 33.1 Å². The molecule has 0 unspecified atom stereocenters. The number of hydrogen-bond acceptors (Lipinski definition) is 3. The molecule has 0 aliphatic carbocycles. The SMILES string of the molecule is Cc1ccc(Cc2nc(O)c(Cc3cccc(C(F)(F)F)c3)s2)cc1. The van der Waals surface area contributed by atoms with Gasteiger partial charge < -0.3 is 5.11 Å². The van der Waals surface area contributed by atoms with Crippen LogP contribution in [0.15, 0.2) is 48.5 Å². The molecule has 0 aliphatic rings. The number of aryl methyl sites for hydroxylation is 1. The lowest BCUT2D eigenvalue weighted by Gasteiger charge is -2.08. The van der Waals surface area contributed by atoms with Gasteiger partial charge in [-0.05, 0) is 24.1 Å². The van der Waals surface area contributed by atoms with Crippen LogP contribution in [-0.2, 0) is 19.0 Å². The maximum Gasteiger partial charge on any atom is 0.416 e. The lowest BCUT2D eigenvalue weighted by atomic mass is 10.1. The molecule has 0 spiro atoms. The van der Waals surface area contributed by atoms with Crippen LogP contribution in [0.5, 0.6) is 5.88 Å². The largest absolute Gasteiger partial charge is 0.492 e. The van der Waals surface area contributed by atoms with Crippen molar-refractivity contribution in [1.29, 1.82) is 0 Å². The van der Waals surface area contributed by atoms with Crippen LogP contribution in [0.2, 0.25) is 0 Å². The van der Waals surface area contributed by atoms with E-state index in [-0.39, 0.29) is 12.3 Å². The van der Waals surface area contributed by atoms with E-state index in [0.29, 0.717) is 16.9 Å². The third kappa shape index (κ3) is 4.39. The zero-order chi connectivity index (χ0) is 18.0. The van der Waals surface area contributed by atoms with Crippen LogP contribution in [-0.4, -0.2) is 10.1 Å². The highest BCUT2D eigenvalue weighted by atomic mass is 32.1. The van der Waals surface area contributed by atoms with Gasteiger partial charge in [-0.3, -0.25) is 0 Å². The third-order valence-electron chi connectivity index (χ3n) is 3.82. The lowest BCUT2D eigenvalue weighted by Crippen LogP contribution is -2.05. The summed E-state index contributed by atoms with van der Waals surface area (Å²) in [5, 5.41) is 10.8. The van der Waals surface area contributed by atoms with Crippen LogP contribution >= 0.6 is 11.3 Å². The van der Waals surface area contributed by atoms with Crippen molar-refractivity contribution in [2.45, 2.75) is 25.9 Å². The molecular weight excluding hydrogens is 347 g/mol. The molecule has 0 aliphatic heterocycles. The molecule has 0 saturated heterocycles. The van der Waals surface area contributed by atoms with Gasteiger partial charge in [-0.1, -0.05) is 48.0 Å².